The van der Waals surface area contributed by atoms with Crippen molar-refractivity contribution < 1.29 is 9.13 Å². The van der Waals surface area contributed by atoms with E-state index in [-0.39, 0.29) is 6.04 Å². The summed E-state index contributed by atoms with van der Waals surface area (Å²) >= 11 is 0. The first kappa shape index (κ1) is 13.6. The fourth-order valence-electron chi connectivity index (χ4n) is 1.84. The molecule has 0 saturated heterocycles. The second-order valence-electron chi connectivity index (χ2n) is 4.43. The smallest absolute Gasteiger partial charge is 0.119 e. The van der Waals surface area contributed by atoms with E-state index in [1.165, 1.54) is 0 Å². The van der Waals surface area contributed by atoms with Crippen LogP contribution >= 0.6 is 0 Å². The van der Waals surface area contributed by atoms with Crippen molar-refractivity contribution >= 4 is 0 Å². The Morgan fingerprint density at radius 2 is 1.68 bits per heavy atom. The lowest BCUT2D eigenvalue weighted by molar-refractivity contribution is 0.306. The Morgan fingerprint density at radius 1 is 1.00 bits per heavy atom. The molecule has 1 atom stereocenters. The molecule has 2 rings (SSSR count). The summed E-state index contributed by atoms with van der Waals surface area (Å²) in [6.45, 7) is 0.143. The molecule has 0 bridgehead atoms. The predicted octanol–water partition coefficient (Wildman–Crippen LogP) is 3.63. The van der Waals surface area contributed by atoms with Gasteiger partial charge in [-0.25, -0.2) is 0 Å². The second kappa shape index (κ2) is 6.90. The maximum atomic E-state index is 12.2. The lowest BCUT2D eigenvalue weighted by Gasteiger charge is -2.11. The van der Waals surface area contributed by atoms with E-state index in [0.29, 0.717) is 13.0 Å². The monoisotopic (exact) mass is 259 g/mol. The van der Waals surface area contributed by atoms with Gasteiger partial charge < -0.3 is 10.5 Å². The molecule has 2 N–H and O–H groups in total. The Hall–Kier alpha value is -1.87. The van der Waals surface area contributed by atoms with Gasteiger partial charge in [-0.05, 0) is 29.7 Å². The van der Waals surface area contributed by atoms with E-state index in [1.54, 1.807) is 0 Å². The van der Waals surface area contributed by atoms with E-state index in [0.717, 1.165) is 16.9 Å². The first-order valence-electron chi connectivity index (χ1n) is 6.38. The number of nitrogens with two attached hydrogens (primary N) is 1. The van der Waals surface area contributed by atoms with E-state index in [9.17, 15) is 4.39 Å². The standard InChI is InChI=1S/C16H18FNO/c17-11-10-16(18)14-6-8-15(9-7-14)19-12-13-4-2-1-3-5-13/h1-9,16H,10-12,18H2/t16-/m1/s1. The van der Waals surface area contributed by atoms with Crippen molar-refractivity contribution in [1.82, 2.24) is 0 Å². The number of hydrogen-bond acceptors (Lipinski definition) is 2. The van der Waals surface area contributed by atoms with E-state index in [4.69, 9.17) is 10.5 Å². The summed E-state index contributed by atoms with van der Waals surface area (Å²) in [5, 5.41) is 0. The van der Waals surface area contributed by atoms with Gasteiger partial charge in [0.25, 0.3) is 0 Å². The summed E-state index contributed by atoms with van der Waals surface area (Å²) in [5.41, 5.74) is 7.90. The van der Waals surface area contributed by atoms with Crippen molar-refractivity contribution in [2.75, 3.05) is 6.67 Å². The first-order chi connectivity index (χ1) is 9.29. The lowest BCUT2D eigenvalue weighted by Crippen LogP contribution is -2.10. The van der Waals surface area contributed by atoms with Crippen LogP contribution in [0.2, 0.25) is 0 Å². The van der Waals surface area contributed by atoms with Crippen LogP contribution in [0.4, 0.5) is 4.39 Å². The van der Waals surface area contributed by atoms with Crippen molar-refractivity contribution in [1.29, 1.82) is 0 Å². The van der Waals surface area contributed by atoms with Crippen molar-refractivity contribution in [2.24, 2.45) is 5.73 Å². The highest BCUT2D eigenvalue weighted by molar-refractivity contribution is 5.29. The van der Waals surface area contributed by atoms with E-state index in [2.05, 4.69) is 0 Å². The molecule has 2 aromatic rings. The molecule has 0 heterocycles. The van der Waals surface area contributed by atoms with Crippen molar-refractivity contribution in [3.63, 3.8) is 0 Å². The molecule has 100 valence electrons. The SMILES string of the molecule is N[C@H](CCF)c1ccc(OCc2ccccc2)cc1. The molecule has 0 fully saturated rings. The normalized spacial score (nSPS) is 12.1. The molecule has 0 saturated carbocycles. The maximum Gasteiger partial charge on any atom is 0.119 e. The largest absolute Gasteiger partial charge is 0.489 e. The number of halogens is 1. The first-order valence-corrected chi connectivity index (χ1v) is 6.38. The molecule has 3 heteroatoms. The van der Waals surface area contributed by atoms with Crippen molar-refractivity contribution in [3.8, 4) is 5.75 Å². The van der Waals surface area contributed by atoms with Gasteiger partial charge in [-0.1, -0.05) is 42.5 Å². The van der Waals surface area contributed by atoms with Gasteiger partial charge in [-0.15, -0.1) is 0 Å². The van der Waals surface area contributed by atoms with Gasteiger partial charge >= 0.3 is 0 Å². The number of ether oxygens (including phenoxy) is 1. The molecule has 2 aromatic carbocycles. The van der Waals surface area contributed by atoms with Crippen molar-refractivity contribution in [3.05, 3.63) is 65.7 Å². The van der Waals surface area contributed by atoms with Crippen LogP contribution in [0.5, 0.6) is 5.75 Å². The van der Waals surface area contributed by atoms with Crippen LogP contribution in [0.15, 0.2) is 54.6 Å². The van der Waals surface area contributed by atoms with E-state index < -0.39 is 6.67 Å². The zero-order valence-electron chi connectivity index (χ0n) is 10.8. The highest BCUT2D eigenvalue weighted by atomic mass is 19.1. The number of alkyl halides is 1. The third-order valence-electron chi connectivity index (χ3n) is 2.98. The molecule has 0 aliphatic rings. The molecule has 19 heavy (non-hydrogen) atoms. The van der Waals surface area contributed by atoms with Gasteiger partial charge in [0.1, 0.15) is 12.4 Å². The number of rotatable bonds is 6. The quantitative estimate of drug-likeness (QED) is 0.859. The van der Waals surface area contributed by atoms with Crippen LogP contribution < -0.4 is 10.5 Å². The Balaban J connectivity index is 1.92. The third-order valence-corrected chi connectivity index (χ3v) is 2.98. The molecule has 2 nitrogen and oxygen atoms in total. The minimum Gasteiger partial charge on any atom is -0.489 e. The summed E-state index contributed by atoms with van der Waals surface area (Å²) in [5.74, 6) is 0.792. The zero-order valence-corrected chi connectivity index (χ0v) is 10.8. The zero-order chi connectivity index (χ0) is 13.5. The van der Waals surface area contributed by atoms with E-state index >= 15 is 0 Å². The van der Waals surface area contributed by atoms with Gasteiger partial charge in [0.15, 0.2) is 0 Å². The third kappa shape index (κ3) is 4.07. The summed E-state index contributed by atoms with van der Waals surface area (Å²) in [7, 11) is 0. The Bertz CT molecular complexity index is 484. The summed E-state index contributed by atoms with van der Waals surface area (Å²) in [6.07, 6.45) is 0.351. The van der Waals surface area contributed by atoms with Gasteiger partial charge in [0.2, 0.25) is 0 Å². The summed E-state index contributed by atoms with van der Waals surface area (Å²) < 4.78 is 17.9. The number of hydrogen-bond donors (Lipinski definition) is 1. The van der Waals surface area contributed by atoms with Gasteiger partial charge in [-0.2, -0.15) is 0 Å². The average molecular weight is 259 g/mol. The van der Waals surface area contributed by atoms with Crippen LogP contribution in [-0.4, -0.2) is 6.67 Å². The molecule has 0 aliphatic heterocycles. The fraction of sp³-hybridized carbons (Fsp3) is 0.250. The van der Waals surface area contributed by atoms with Crippen LogP contribution in [0, 0.1) is 0 Å². The average Bonchev–Trinajstić information content (AvgIpc) is 2.47. The maximum absolute atomic E-state index is 12.2. The van der Waals surface area contributed by atoms with Gasteiger partial charge in [-0.3, -0.25) is 4.39 Å². The molecule has 0 aromatic heterocycles. The number of benzene rings is 2. The Labute approximate surface area is 113 Å². The molecule has 0 unspecified atom stereocenters. The van der Waals surface area contributed by atoms with Crippen LogP contribution in [0.1, 0.15) is 23.6 Å². The summed E-state index contributed by atoms with van der Waals surface area (Å²) in [4.78, 5) is 0. The lowest BCUT2D eigenvalue weighted by atomic mass is 10.1. The minimum absolute atomic E-state index is 0.242. The molecular formula is C16H18FNO. The van der Waals surface area contributed by atoms with Crippen LogP contribution in [0.3, 0.4) is 0 Å². The molecular weight excluding hydrogens is 241 g/mol. The van der Waals surface area contributed by atoms with Crippen molar-refractivity contribution in [2.45, 2.75) is 19.1 Å². The molecule has 0 aliphatic carbocycles. The molecule has 0 amide bonds. The topological polar surface area (TPSA) is 35.2 Å². The second-order valence-corrected chi connectivity index (χ2v) is 4.43. The Morgan fingerprint density at radius 3 is 2.32 bits per heavy atom. The Kier molecular flexibility index (Phi) is 4.93. The highest BCUT2D eigenvalue weighted by Crippen LogP contribution is 2.19. The predicted molar refractivity (Wildman–Crippen MR) is 74.7 cm³/mol. The molecule has 0 radical (unpaired) electrons. The van der Waals surface area contributed by atoms with Crippen LogP contribution in [-0.2, 0) is 6.61 Å². The van der Waals surface area contributed by atoms with Crippen LogP contribution in [0.25, 0.3) is 0 Å². The van der Waals surface area contributed by atoms with E-state index in [1.807, 2.05) is 54.6 Å². The van der Waals surface area contributed by atoms with Gasteiger partial charge in [0, 0.05) is 6.04 Å². The highest BCUT2D eigenvalue weighted by Gasteiger charge is 2.05. The fourth-order valence-corrected chi connectivity index (χ4v) is 1.84. The molecule has 0 spiro atoms. The minimum atomic E-state index is -0.395. The van der Waals surface area contributed by atoms with Gasteiger partial charge in [0.05, 0.1) is 6.67 Å². The summed E-state index contributed by atoms with van der Waals surface area (Å²) in [6, 6.07) is 17.3.